The lowest BCUT2D eigenvalue weighted by Gasteiger charge is -2.21. The number of nitrogens with zero attached hydrogens (tertiary/aromatic N) is 2. The Kier molecular flexibility index (Phi) is 6.39. The monoisotopic (exact) mass is 474 g/mol. The molecule has 1 fully saturated rings. The third kappa shape index (κ3) is 4.72. The fraction of sp³-hybridized carbons (Fsp3) is 0.269. The molecule has 4 aromatic rings. The number of ether oxygens (including phenoxy) is 1. The van der Waals surface area contributed by atoms with Gasteiger partial charge >= 0.3 is 0 Å². The van der Waals surface area contributed by atoms with Gasteiger partial charge in [-0.25, -0.2) is 9.37 Å². The minimum Gasteiger partial charge on any atom is -0.381 e. The average molecular weight is 475 g/mol. The number of aromatic amines is 1. The number of hydrogen-bond acceptors (Lipinski definition) is 5. The Labute approximate surface area is 200 Å². The number of hydrogen-bond donors (Lipinski definition) is 2. The van der Waals surface area contributed by atoms with Crippen LogP contribution in [-0.2, 0) is 17.7 Å². The van der Waals surface area contributed by atoms with Crippen molar-refractivity contribution in [1.29, 1.82) is 5.26 Å². The molecule has 5 rings (SSSR count). The summed E-state index contributed by atoms with van der Waals surface area (Å²) in [5, 5.41) is 13.5. The molecule has 0 radical (unpaired) electrons. The average Bonchev–Trinajstić information content (AvgIpc) is 3.50. The lowest BCUT2D eigenvalue weighted by Crippen LogP contribution is -2.22. The number of rotatable bonds is 6. The summed E-state index contributed by atoms with van der Waals surface area (Å²) >= 11 is 1.31. The third-order valence-electron chi connectivity index (χ3n) is 6.18. The highest BCUT2D eigenvalue weighted by Crippen LogP contribution is 2.29. The van der Waals surface area contributed by atoms with Crippen LogP contribution < -0.4 is 5.32 Å². The summed E-state index contributed by atoms with van der Waals surface area (Å²) in [4.78, 5) is 21.1. The molecule has 172 valence electrons. The molecule has 1 amide bonds. The van der Waals surface area contributed by atoms with Crippen LogP contribution >= 0.6 is 11.3 Å². The van der Waals surface area contributed by atoms with Gasteiger partial charge in [0.15, 0.2) is 0 Å². The molecule has 0 bridgehead atoms. The molecule has 6 nitrogen and oxygen atoms in total. The summed E-state index contributed by atoms with van der Waals surface area (Å²) in [5.74, 6) is -0.0285. The van der Waals surface area contributed by atoms with E-state index in [1.807, 2.05) is 30.5 Å². The van der Waals surface area contributed by atoms with Crippen molar-refractivity contribution in [2.24, 2.45) is 5.92 Å². The number of carbonyl (C=O) groups is 1. The molecule has 3 heterocycles. The zero-order valence-electron chi connectivity index (χ0n) is 18.4. The van der Waals surface area contributed by atoms with Crippen LogP contribution in [0.1, 0.15) is 39.2 Å². The van der Waals surface area contributed by atoms with Crippen LogP contribution in [0.5, 0.6) is 0 Å². The summed E-state index contributed by atoms with van der Waals surface area (Å²) in [6.07, 6.45) is 6.87. The van der Waals surface area contributed by atoms with Gasteiger partial charge in [-0.05, 0) is 61.1 Å². The Bertz CT molecular complexity index is 1380. The number of carbonyl (C=O) groups excluding carboxylic acids is 1. The van der Waals surface area contributed by atoms with Gasteiger partial charge in [0.05, 0.1) is 18.2 Å². The summed E-state index contributed by atoms with van der Waals surface area (Å²) in [6, 6.07) is 12.0. The first kappa shape index (κ1) is 22.3. The molecule has 1 aliphatic heterocycles. The van der Waals surface area contributed by atoms with Crippen LogP contribution in [0.3, 0.4) is 0 Å². The van der Waals surface area contributed by atoms with E-state index in [1.165, 1.54) is 23.0 Å². The van der Waals surface area contributed by atoms with E-state index in [-0.39, 0.29) is 11.5 Å². The lowest BCUT2D eigenvalue weighted by atomic mass is 9.92. The molecule has 34 heavy (non-hydrogen) atoms. The second-order valence-corrected chi connectivity index (χ2v) is 9.57. The van der Waals surface area contributed by atoms with Crippen molar-refractivity contribution in [2.45, 2.75) is 25.8 Å². The van der Waals surface area contributed by atoms with E-state index < -0.39 is 5.82 Å². The van der Waals surface area contributed by atoms with Crippen LogP contribution in [0.2, 0.25) is 0 Å². The maximum Gasteiger partial charge on any atom is 0.251 e. The van der Waals surface area contributed by atoms with Gasteiger partial charge in [-0.2, -0.15) is 5.26 Å². The van der Waals surface area contributed by atoms with Gasteiger partial charge in [-0.15, -0.1) is 11.3 Å². The smallest absolute Gasteiger partial charge is 0.251 e. The fourth-order valence-corrected chi connectivity index (χ4v) is 5.18. The molecule has 8 heteroatoms. The van der Waals surface area contributed by atoms with Gasteiger partial charge in [0, 0.05) is 52.5 Å². The summed E-state index contributed by atoms with van der Waals surface area (Å²) in [6.45, 7) is 1.97. The van der Waals surface area contributed by atoms with Gasteiger partial charge in [-0.3, -0.25) is 4.79 Å². The fourth-order valence-electron chi connectivity index (χ4n) is 4.30. The quantitative estimate of drug-likeness (QED) is 0.402. The molecule has 0 saturated carbocycles. The highest BCUT2D eigenvalue weighted by atomic mass is 32.1. The number of aromatic nitrogens is 2. The second-order valence-electron chi connectivity index (χ2n) is 8.45. The van der Waals surface area contributed by atoms with Gasteiger partial charge in [0.25, 0.3) is 5.91 Å². The van der Waals surface area contributed by atoms with Crippen LogP contribution in [-0.4, -0.2) is 29.1 Å². The molecular weight excluding hydrogens is 451 g/mol. The van der Waals surface area contributed by atoms with Crippen LogP contribution in [0.25, 0.3) is 21.5 Å². The minimum atomic E-state index is -0.487. The topological polar surface area (TPSA) is 90.8 Å². The number of nitrogens with one attached hydrogen (secondary N) is 2. The predicted molar refractivity (Wildman–Crippen MR) is 129 cm³/mol. The summed E-state index contributed by atoms with van der Waals surface area (Å²) < 4.78 is 19.7. The molecular formula is C26H23FN4O2S. The largest absolute Gasteiger partial charge is 0.381 e. The van der Waals surface area contributed by atoms with Crippen molar-refractivity contribution in [1.82, 2.24) is 15.3 Å². The molecule has 0 aliphatic carbocycles. The van der Waals surface area contributed by atoms with Crippen molar-refractivity contribution in [2.75, 3.05) is 13.2 Å². The lowest BCUT2D eigenvalue weighted by molar-refractivity contribution is 0.0666. The van der Waals surface area contributed by atoms with Gasteiger partial charge in [-0.1, -0.05) is 6.07 Å². The first-order valence-corrected chi connectivity index (χ1v) is 12.0. The van der Waals surface area contributed by atoms with Crippen molar-refractivity contribution >= 4 is 28.1 Å². The van der Waals surface area contributed by atoms with E-state index in [0.29, 0.717) is 28.6 Å². The molecule has 2 aromatic heterocycles. The van der Waals surface area contributed by atoms with Crippen LogP contribution in [0, 0.1) is 23.1 Å². The molecule has 1 saturated heterocycles. The maximum absolute atomic E-state index is 14.3. The first-order valence-electron chi connectivity index (χ1n) is 11.2. The van der Waals surface area contributed by atoms with E-state index in [4.69, 9.17) is 10.00 Å². The van der Waals surface area contributed by atoms with Gasteiger partial charge < -0.3 is 15.0 Å². The number of nitriles is 1. The van der Waals surface area contributed by atoms with Crippen molar-refractivity contribution < 1.29 is 13.9 Å². The van der Waals surface area contributed by atoms with Crippen molar-refractivity contribution in [3.05, 3.63) is 76.2 Å². The Morgan fingerprint density at radius 2 is 2.12 bits per heavy atom. The van der Waals surface area contributed by atoms with Crippen molar-refractivity contribution in [3.63, 3.8) is 0 Å². The maximum atomic E-state index is 14.3. The zero-order chi connectivity index (χ0) is 23.5. The minimum absolute atomic E-state index is 0.179. The molecule has 2 N–H and O–H groups in total. The Morgan fingerprint density at radius 3 is 2.91 bits per heavy atom. The SMILES string of the molecule is N#Cc1ccc(-c2ncc(CNC(=O)c3ccc4c(CC5CCOCC5)c[nH]c4c3)s2)c(F)c1. The standard InChI is InChI=1S/C26H23FN4O2S/c27-23-10-17(12-28)1-3-22(23)26-31-15-20(34-26)14-30-25(32)18-2-4-21-19(13-29-24(21)11-18)9-16-5-7-33-8-6-16/h1-4,10-11,13,15-16,29H,5-9,14H2,(H,30,32). The third-order valence-corrected chi connectivity index (χ3v) is 7.22. The second kappa shape index (κ2) is 9.75. The zero-order valence-corrected chi connectivity index (χ0v) is 19.3. The van der Waals surface area contributed by atoms with Crippen molar-refractivity contribution in [3.8, 4) is 16.6 Å². The Morgan fingerprint density at radius 1 is 1.26 bits per heavy atom. The van der Waals surface area contributed by atoms with Gasteiger partial charge in [0.1, 0.15) is 10.8 Å². The molecule has 2 aromatic carbocycles. The van der Waals surface area contributed by atoms with E-state index in [1.54, 1.807) is 18.3 Å². The number of amides is 1. The highest BCUT2D eigenvalue weighted by molar-refractivity contribution is 7.15. The molecule has 0 unspecified atom stereocenters. The number of thiazole rings is 1. The van der Waals surface area contributed by atoms with Crippen LogP contribution in [0.15, 0.2) is 48.8 Å². The molecule has 1 aliphatic rings. The number of benzene rings is 2. The van der Waals surface area contributed by atoms with E-state index in [2.05, 4.69) is 15.3 Å². The summed E-state index contributed by atoms with van der Waals surface area (Å²) in [5.41, 5.74) is 3.41. The number of H-pyrrole nitrogens is 1. The normalized spacial score (nSPS) is 14.2. The Hall–Kier alpha value is -3.54. The van der Waals surface area contributed by atoms with E-state index >= 15 is 0 Å². The summed E-state index contributed by atoms with van der Waals surface area (Å²) in [7, 11) is 0. The molecule has 0 atom stereocenters. The van der Waals surface area contributed by atoms with Gasteiger partial charge in [0.2, 0.25) is 0 Å². The highest BCUT2D eigenvalue weighted by Gasteiger charge is 2.17. The van der Waals surface area contributed by atoms with E-state index in [9.17, 15) is 9.18 Å². The predicted octanol–water partition coefficient (Wildman–Crippen LogP) is 5.20. The van der Waals surface area contributed by atoms with Crippen LogP contribution in [0.4, 0.5) is 4.39 Å². The number of fused-ring (bicyclic) bond motifs is 1. The van der Waals surface area contributed by atoms with E-state index in [0.717, 1.165) is 48.3 Å². The molecule has 0 spiro atoms. The Balaban J connectivity index is 1.23. The number of halogens is 1. The first-order chi connectivity index (χ1) is 16.6.